The molecule has 20 heavy (non-hydrogen) atoms. The van der Waals surface area contributed by atoms with E-state index in [4.69, 9.17) is 5.11 Å². The number of ketones is 1. The molecule has 0 spiro atoms. The Bertz CT molecular complexity index is 537. The minimum absolute atomic E-state index is 0.0101. The van der Waals surface area contributed by atoms with E-state index in [2.05, 4.69) is 5.32 Å². The van der Waals surface area contributed by atoms with Crippen molar-refractivity contribution in [2.75, 3.05) is 0 Å². The number of carboxylic acid groups (broad SMARTS) is 1. The van der Waals surface area contributed by atoms with Crippen LogP contribution in [-0.4, -0.2) is 28.8 Å². The molecule has 108 valence electrons. The van der Waals surface area contributed by atoms with Crippen LogP contribution >= 0.6 is 0 Å². The molecule has 1 aromatic carbocycles. The average Bonchev–Trinajstić information content (AvgIpc) is 2.38. The van der Waals surface area contributed by atoms with E-state index in [0.717, 1.165) is 11.1 Å². The van der Waals surface area contributed by atoms with E-state index in [1.54, 1.807) is 6.07 Å². The molecule has 0 aromatic heterocycles. The number of carbonyl (C=O) groups excluding carboxylic acids is 2. The molecule has 5 heteroatoms. The molecular formula is C15H19NO4. The zero-order valence-corrected chi connectivity index (χ0v) is 11.9. The second kappa shape index (κ2) is 6.84. The smallest absolute Gasteiger partial charge is 0.325 e. The molecule has 0 heterocycles. The summed E-state index contributed by atoms with van der Waals surface area (Å²) in [6.07, 6.45) is 0.0618. The van der Waals surface area contributed by atoms with Crippen LogP contribution in [0, 0.1) is 13.8 Å². The number of rotatable bonds is 6. The summed E-state index contributed by atoms with van der Waals surface area (Å²) >= 11 is 0. The molecule has 0 unspecified atom stereocenters. The molecule has 5 nitrogen and oxygen atoms in total. The van der Waals surface area contributed by atoms with E-state index in [1.165, 1.54) is 6.92 Å². The molecule has 0 radical (unpaired) electrons. The zero-order chi connectivity index (χ0) is 15.3. The average molecular weight is 277 g/mol. The van der Waals surface area contributed by atoms with Crippen molar-refractivity contribution in [3.05, 3.63) is 34.9 Å². The van der Waals surface area contributed by atoms with Gasteiger partial charge in [0.25, 0.3) is 0 Å². The van der Waals surface area contributed by atoms with Crippen LogP contribution in [0.15, 0.2) is 18.2 Å². The maximum atomic E-state index is 12.0. The van der Waals surface area contributed by atoms with Crippen LogP contribution in [0.2, 0.25) is 0 Å². The van der Waals surface area contributed by atoms with E-state index in [0.29, 0.717) is 5.56 Å². The van der Waals surface area contributed by atoms with Crippen LogP contribution in [0.5, 0.6) is 0 Å². The van der Waals surface area contributed by atoms with Gasteiger partial charge in [0, 0.05) is 18.4 Å². The molecule has 0 aliphatic carbocycles. The standard InChI is InChI=1S/C15H19NO4/c1-9-4-5-10(2)12(8-9)13(17)6-7-14(18)16-11(3)15(19)20/h4-5,8,11H,6-7H2,1-3H3,(H,16,18)(H,19,20)/t11-/m1/s1. The first-order valence-corrected chi connectivity index (χ1v) is 6.44. The molecule has 0 aliphatic rings. The Hall–Kier alpha value is -2.17. The van der Waals surface area contributed by atoms with Crippen molar-refractivity contribution in [3.8, 4) is 0 Å². The van der Waals surface area contributed by atoms with E-state index >= 15 is 0 Å². The summed E-state index contributed by atoms with van der Waals surface area (Å²) in [5.74, 6) is -1.64. The van der Waals surface area contributed by atoms with E-state index < -0.39 is 17.9 Å². The minimum atomic E-state index is -1.10. The number of nitrogens with one attached hydrogen (secondary N) is 1. The van der Waals surface area contributed by atoms with Crippen LogP contribution in [0.1, 0.15) is 41.3 Å². The number of carbonyl (C=O) groups is 3. The summed E-state index contributed by atoms with van der Waals surface area (Å²) in [6, 6.07) is 4.65. The van der Waals surface area contributed by atoms with Gasteiger partial charge < -0.3 is 10.4 Å². The maximum absolute atomic E-state index is 12.0. The highest BCUT2D eigenvalue weighted by atomic mass is 16.4. The summed E-state index contributed by atoms with van der Waals surface area (Å²) in [5, 5.41) is 11.0. The molecule has 0 saturated carbocycles. The van der Waals surface area contributed by atoms with Gasteiger partial charge in [-0.1, -0.05) is 17.7 Å². The lowest BCUT2D eigenvalue weighted by molar-refractivity contribution is -0.141. The van der Waals surface area contributed by atoms with Gasteiger partial charge in [-0.15, -0.1) is 0 Å². The number of hydrogen-bond donors (Lipinski definition) is 2. The van der Waals surface area contributed by atoms with Crippen LogP contribution in [-0.2, 0) is 9.59 Å². The monoisotopic (exact) mass is 277 g/mol. The van der Waals surface area contributed by atoms with Crippen molar-refractivity contribution < 1.29 is 19.5 Å². The summed E-state index contributed by atoms with van der Waals surface area (Å²) in [5.41, 5.74) is 2.48. The number of benzene rings is 1. The highest BCUT2D eigenvalue weighted by Crippen LogP contribution is 2.13. The van der Waals surface area contributed by atoms with Crippen LogP contribution in [0.4, 0.5) is 0 Å². The third-order valence-electron chi connectivity index (χ3n) is 3.02. The van der Waals surface area contributed by atoms with E-state index in [1.807, 2.05) is 26.0 Å². The number of aryl methyl sites for hydroxylation is 2. The van der Waals surface area contributed by atoms with Crippen molar-refractivity contribution in [1.29, 1.82) is 0 Å². The summed E-state index contributed by atoms with van der Waals surface area (Å²) < 4.78 is 0. The quantitative estimate of drug-likeness (QED) is 0.777. The van der Waals surface area contributed by atoms with Gasteiger partial charge in [0.1, 0.15) is 6.04 Å². The number of aliphatic carboxylic acids is 1. The highest BCUT2D eigenvalue weighted by Gasteiger charge is 2.16. The Kier molecular flexibility index (Phi) is 5.43. The Morgan fingerprint density at radius 3 is 2.45 bits per heavy atom. The van der Waals surface area contributed by atoms with Crippen molar-refractivity contribution >= 4 is 17.7 Å². The first kappa shape index (κ1) is 15.9. The lowest BCUT2D eigenvalue weighted by Crippen LogP contribution is -2.38. The lowest BCUT2D eigenvalue weighted by atomic mass is 9.99. The fraction of sp³-hybridized carbons (Fsp3) is 0.400. The second-order valence-corrected chi connectivity index (χ2v) is 4.87. The minimum Gasteiger partial charge on any atom is -0.480 e. The Morgan fingerprint density at radius 1 is 1.20 bits per heavy atom. The third-order valence-corrected chi connectivity index (χ3v) is 3.02. The number of hydrogen-bond acceptors (Lipinski definition) is 3. The van der Waals surface area contributed by atoms with Crippen LogP contribution < -0.4 is 5.32 Å². The SMILES string of the molecule is Cc1ccc(C)c(C(=O)CCC(=O)N[C@H](C)C(=O)O)c1. The molecular weight excluding hydrogens is 258 g/mol. The van der Waals surface area contributed by atoms with Crippen molar-refractivity contribution in [1.82, 2.24) is 5.32 Å². The predicted octanol–water partition coefficient (Wildman–Crippen LogP) is 1.86. The Balaban J connectivity index is 2.57. The number of Topliss-reactive ketones (excluding diaryl/α,β-unsaturated/α-hetero) is 1. The predicted molar refractivity (Wildman–Crippen MR) is 74.7 cm³/mol. The van der Waals surface area contributed by atoms with Gasteiger partial charge >= 0.3 is 5.97 Å². The molecule has 1 rings (SSSR count). The van der Waals surface area contributed by atoms with Crippen molar-refractivity contribution in [2.24, 2.45) is 0 Å². The van der Waals surface area contributed by atoms with Crippen LogP contribution in [0.3, 0.4) is 0 Å². The van der Waals surface area contributed by atoms with Gasteiger partial charge in [-0.05, 0) is 32.4 Å². The van der Waals surface area contributed by atoms with Gasteiger partial charge in [0.15, 0.2) is 5.78 Å². The number of carboxylic acids is 1. The molecule has 2 N–H and O–H groups in total. The Morgan fingerprint density at radius 2 is 1.85 bits per heavy atom. The third kappa shape index (κ3) is 4.50. The molecule has 0 bridgehead atoms. The molecule has 1 aromatic rings. The maximum Gasteiger partial charge on any atom is 0.325 e. The Labute approximate surface area is 118 Å². The van der Waals surface area contributed by atoms with Crippen molar-refractivity contribution in [2.45, 2.75) is 39.7 Å². The van der Waals surface area contributed by atoms with Gasteiger partial charge in [-0.3, -0.25) is 14.4 Å². The normalized spacial score (nSPS) is 11.8. The zero-order valence-electron chi connectivity index (χ0n) is 11.9. The van der Waals surface area contributed by atoms with E-state index in [9.17, 15) is 14.4 Å². The molecule has 0 fully saturated rings. The summed E-state index contributed by atoms with van der Waals surface area (Å²) in [7, 11) is 0. The number of amides is 1. The second-order valence-electron chi connectivity index (χ2n) is 4.87. The van der Waals surface area contributed by atoms with Crippen LogP contribution in [0.25, 0.3) is 0 Å². The van der Waals surface area contributed by atoms with Gasteiger partial charge in [-0.2, -0.15) is 0 Å². The molecule has 0 aliphatic heterocycles. The first-order valence-electron chi connectivity index (χ1n) is 6.44. The fourth-order valence-electron chi connectivity index (χ4n) is 1.77. The van der Waals surface area contributed by atoms with Gasteiger partial charge in [-0.25, -0.2) is 0 Å². The first-order chi connectivity index (χ1) is 9.31. The van der Waals surface area contributed by atoms with Crippen molar-refractivity contribution in [3.63, 3.8) is 0 Å². The molecule has 1 atom stereocenters. The van der Waals surface area contributed by atoms with E-state index in [-0.39, 0.29) is 18.6 Å². The largest absolute Gasteiger partial charge is 0.480 e. The topological polar surface area (TPSA) is 83.5 Å². The van der Waals surface area contributed by atoms with Gasteiger partial charge in [0.2, 0.25) is 5.91 Å². The highest BCUT2D eigenvalue weighted by molar-refractivity contribution is 5.99. The van der Waals surface area contributed by atoms with Gasteiger partial charge in [0.05, 0.1) is 0 Å². The molecule has 0 saturated heterocycles. The fourth-order valence-corrected chi connectivity index (χ4v) is 1.77. The molecule has 1 amide bonds. The lowest BCUT2D eigenvalue weighted by Gasteiger charge is -2.09. The summed E-state index contributed by atoms with van der Waals surface area (Å²) in [4.78, 5) is 34.2. The summed E-state index contributed by atoms with van der Waals surface area (Å²) in [6.45, 7) is 5.13.